The third-order valence-corrected chi connectivity index (χ3v) is 6.43. The van der Waals surface area contributed by atoms with Crippen molar-refractivity contribution in [2.45, 2.75) is 19.3 Å². The van der Waals surface area contributed by atoms with Gasteiger partial charge in [0.2, 0.25) is 0 Å². The summed E-state index contributed by atoms with van der Waals surface area (Å²) in [5.41, 5.74) is 2.59. The van der Waals surface area contributed by atoms with Crippen LogP contribution in [0.5, 0.6) is 11.5 Å². The van der Waals surface area contributed by atoms with E-state index >= 15 is 0 Å². The molecule has 0 aliphatic rings. The number of hydrogen-bond donors (Lipinski definition) is 0. The van der Waals surface area contributed by atoms with E-state index in [0.717, 1.165) is 33.2 Å². The Hall–Kier alpha value is -4.03. The van der Waals surface area contributed by atoms with E-state index in [1.165, 1.54) is 0 Å². The van der Waals surface area contributed by atoms with Gasteiger partial charge in [-0.1, -0.05) is 24.3 Å². The van der Waals surface area contributed by atoms with Crippen LogP contribution in [0.1, 0.15) is 25.2 Å². The molecule has 0 fully saturated rings. The Balaban J connectivity index is 0.00000294. The van der Waals surface area contributed by atoms with Gasteiger partial charge in [-0.3, -0.25) is 9.97 Å². The summed E-state index contributed by atoms with van der Waals surface area (Å²) in [7, 11) is 3.28. The molecule has 0 spiro atoms. The largest absolute Gasteiger partial charge is 2.00 e. The van der Waals surface area contributed by atoms with E-state index < -0.39 is 5.41 Å². The van der Waals surface area contributed by atoms with E-state index in [0.29, 0.717) is 23.1 Å². The second kappa shape index (κ2) is 10.0. The molecule has 6 aromatic rings. The summed E-state index contributed by atoms with van der Waals surface area (Å²) in [5.74, 6) is 2.54. The molecule has 38 heavy (non-hydrogen) atoms. The van der Waals surface area contributed by atoms with Crippen LogP contribution in [0, 0.1) is 12.4 Å². The third kappa shape index (κ3) is 4.56. The van der Waals surface area contributed by atoms with Crippen LogP contribution < -0.4 is 9.47 Å². The second-order valence-electron chi connectivity index (χ2n) is 9.21. The minimum absolute atomic E-state index is 0. The minimum atomic E-state index is -0.619. The topological polar surface area (TPSA) is 79.9 Å². The van der Waals surface area contributed by atoms with Crippen LogP contribution in [0.3, 0.4) is 0 Å². The normalized spacial score (nSPS) is 11.5. The van der Waals surface area contributed by atoms with Crippen LogP contribution in [0.2, 0.25) is 0 Å². The van der Waals surface area contributed by atoms with Crippen LogP contribution in [0.15, 0.2) is 72.8 Å². The Labute approximate surface area is 234 Å². The molecule has 2 aromatic carbocycles. The maximum atomic E-state index is 5.63. The molecule has 9 heteroatoms. The molecule has 0 saturated heterocycles. The van der Waals surface area contributed by atoms with E-state index in [9.17, 15) is 0 Å². The molecular formula is C29H24N6O2Pt. The maximum absolute atomic E-state index is 5.63. The number of hydrogen-bond acceptors (Lipinski definition) is 6. The predicted octanol–water partition coefficient (Wildman–Crippen LogP) is 5.10. The third-order valence-electron chi connectivity index (χ3n) is 6.43. The first-order valence-corrected chi connectivity index (χ1v) is 11.8. The molecule has 6 rings (SSSR count). The van der Waals surface area contributed by atoms with Crippen molar-refractivity contribution in [1.82, 2.24) is 29.5 Å². The zero-order valence-corrected chi connectivity index (χ0v) is 23.5. The number of nitrogens with zero attached hydrogens (tertiary/aromatic N) is 6. The van der Waals surface area contributed by atoms with Crippen molar-refractivity contribution in [3.63, 3.8) is 0 Å². The molecule has 192 valence electrons. The van der Waals surface area contributed by atoms with E-state index in [4.69, 9.17) is 19.4 Å². The maximum Gasteiger partial charge on any atom is 2.00 e. The van der Waals surface area contributed by atoms with Crippen molar-refractivity contribution in [3.05, 3.63) is 96.6 Å². The molecule has 0 aliphatic heterocycles. The number of pyridine rings is 2. The molecule has 0 N–H and O–H groups in total. The Morgan fingerprint density at radius 2 is 1.08 bits per heavy atom. The van der Waals surface area contributed by atoms with Crippen LogP contribution >= 0.6 is 0 Å². The summed E-state index contributed by atoms with van der Waals surface area (Å²) < 4.78 is 14.6. The minimum Gasteiger partial charge on any atom is -0.497 e. The zero-order valence-electron chi connectivity index (χ0n) is 21.2. The Bertz CT molecular complexity index is 1560. The molecule has 0 saturated carbocycles. The number of benzene rings is 2. The first-order valence-electron chi connectivity index (χ1n) is 11.8. The molecule has 0 amide bonds. The Morgan fingerprint density at radius 1 is 0.658 bits per heavy atom. The molecule has 0 atom stereocenters. The fraction of sp³-hybridized carbons (Fsp3) is 0.172. The van der Waals surface area contributed by atoms with Gasteiger partial charge in [-0.25, -0.2) is 10.2 Å². The first-order chi connectivity index (χ1) is 17.9. The van der Waals surface area contributed by atoms with Crippen LogP contribution in [-0.2, 0) is 26.5 Å². The van der Waals surface area contributed by atoms with Crippen molar-refractivity contribution in [1.29, 1.82) is 0 Å². The average Bonchev–Trinajstić information content (AvgIpc) is 3.57. The molecule has 4 heterocycles. The number of ether oxygens (including phenoxy) is 2. The van der Waals surface area contributed by atoms with Crippen LogP contribution in [0.4, 0.5) is 0 Å². The van der Waals surface area contributed by atoms with Gasteiger partial charge in [0, 0.05) is 40.0 Å². The Kier molecular flexibility index (Phi) is 6.76. The van der Waals surface area contributed by atoms with E-state index in [1.807, 2.05) is 72.8 Å². The summed E-state index contributed by atoms with van der Waals surface area (Å²) in [6.07, 6.45) is 6.56. The molecule has 0 aliphatic carbocycles. The van der Waals surface area contributed by atoms with Crippen molar-refractivity contribution >= 4 is 21.8 Å². The van der Waals surface area contributed by atoms with E-state index in [1.54, 1.807) is 23.6 Å². The summed E-state index contributed by atoms with van der Waals surface area (Å²) >= 11 is 0. The van der Waals surface area contributed by atoms with Gasteiger partial charge in [-0.05, 0) is 38.4 Å². The fourth-order valence-electron chi connectivity index (χ4n) is 4.23. The molecular weight excluding hydrogens is 659 g/mol. The smallest absolute Gasteiger partial charge is 0.497 e. The summed E-state index contributed by atoms with van der Waals surface area (Å²) in [5, 5.41) is 11.1. The number of aromatic nitrogens is 6. The van der Waals surface area contributed by atoms with Gasteiger partial charge < -0.3 is 18.8 Å². The summed E-state index contributed by atoms with van der Waals surface area (Å²) in [6, 6.07) is 23.2. The van der Waals surface area contributed by atoms with Gasteiger partial charge >= 0.3 is 21.1 Å². The first kappa shape index (κ1) is 25.6. The van der Waals surface area contributed by atoms with Crippen molar-refractivity contribution in [2.75, 3.05) is 14.2 Å². The standard InChI is InChI=1S/C29H24N6O2.Pt/c1-29(2,25-13-21(36-3)15-27(30-25)34-17-19-9-5-7-11-23(19)32-34)26-14-22(37-4)16-28(31-26)35-18-20-10-6-8-12-24(20)33-35;/h5-16H,1-4H3;/q-2;+2. The van der Waals surface area contributed by atoms with E-state index in [2.05, 4.69) is 36.4 Å². The monoisotopic (exact) mass is 683 g/mol. The van der Waals surface area contributed by atoms with Crippen LogP contribution in [0.25, 0.3) is 33.4 Å². The van der Waals surface area contributed by atoms with Crippen molar-refractivity contribution in [3.8, 4) is 23.1 Å². The number of fused-ring (bicyclic) bond motifs is 2. The van der Waals surface area contributed by atoms with E-state index in [-0.39, 0.29) is 21.1 Å². The van der Waals surface area contributed by atoms with Gasteiger partial charge in [0.15, 0.2) is 0 Å². The van der Waals surface area contributed by atoms with Crippen molar-refractivity contribution in [2.24, 2.45) is 0 Å². The second-order valence-corrected chi connectivity index (χ2v) is 9.21. The van der Waals surface area contributed by atoms with Gasteiger partial charge in [0.05, 0.1) is 25.9 Å². The van der Waals surface area contributed by atoms with Crippen molar-refractivity contribution < 1.29 is 30.5 Å². The molecule has 0 unspecified atom stereocenters. The summed E-state index contributed by atoms with van der Waals surface area (Å²) in [4.78, 5) is 9.93. The van der Waals surface area contributed by atoms with Gasteiger partial charge in [-0.15, -0.1) is 35.0 Å². The molecule has 0 radical (unpaired) electrons. The Morgan fingerprint density at radius 3 is 1.47 bits per heavy atom. The predicted molar refractivity (Wildman–Crippen MR) is 141 cm³/mol. The fourth-order valence-corrected chi connectivity index (χ4v) is 4.23. The van der Waals surface area contributed by atoms with Gasteiger partial charge in [0.25, 0.3) is 0 Å². The SMILES string of the molecule is COc1cc(-n2[c-]c3ccccc3n2)nc(C(C)(C)c2cc(OC)cc(-n3[c-]c4ccccc4n3)n2)c1.[Pt+2]. The average molecular weight is 684 g/mol. The van der Waals surface area contributed by atoms with Crippen LogP contribution in [-0.4, -0.2) is 43.7 Å². The van der Waals surface area contributed by atoms with Gasteiger partial charge in [0.1, 0.15) is 11.5 Å². The number of rotatable bonds is 6. The summed E-state index contributed by atoms with van der Waals surface area (Å²) in [6.45, 7) is 4.13. The van der Waals surface area contributed by atoms with Gasteiger partial charge in [-0.2, -0.15) is 0 Å². The number of methoxy groups -OCH3 is 2. The molecule has 8 nitrogen and oxygen atoms in total. The zero-order chi connectivity index (χ0) is 25.6. The molecule has 4 aromatic heterocycles. The molecule has 0 bridgehead atoms. The quantitative estimate of drug-likeness (QED) is 0.228.